The maximum atomic E-state index is 12.5. The lowest BCUT2D eigenvalue weighted by molar-refractivity contribution is -0.161. The lowest BCUT2D eigenvalue weighted by Crippen LogP contribution is -2.34. The van der Waals surface area contributed by atoms with Gasteiger partial charge in [-0.2, -0.15) is 0 Å². The molecule has 3 atom stereocenters. The molecule has 0 aliphatic heterocycles. The summed E-state index contributed by atoms with van der Waals surface area (Å²) < 4.78 is 32.4. The fourth-order valence-electron chi connectivity index (χ4n) is 4.55. The summed E-state index contributed by atoms with van der Waals surface area (Å²) in [6.07, 6.45) is 30.9. The summed E-state index contributed by atoms with van der Waals surface area (Å²) in [4.78, 5) is 45.6. The topological polar surface area (TPSA) is 172 Å². The van der Waals surface area contributed by atoms with Crippen LogP contribution in [0.3, 0.4) is 0 Å². The zero-order chi connectivity index (χ0) is 35.7. The van der Waals surface area contributed by atoms with E-state index in [9.17, 15) is 23.8 Å². The van der Waals surface area contributed by atoms with Crippen LogP contribution in [0.1, 0.15) is 142 Å². The number of hydrogen-bond donors (Lipinski definition) is 3. The highest BCUT2D eigenvalue weighted by Gasteiger charge is 2.28. The van der Waals surface area contributed by atoms with Crippen LogP contribution >= 0.6 is 7.82 Å². The van der Waals surface area contributed by atoms with E-state index in [2.05, 4.69) is 54.8 Å². The van der Waals surface area contributed by atoms with Crippen molar-refractivity contribution < 1.29 is 47.5 Å². The largest absolute Gasteiger partial charge is 0.480 e. The van der Waals surface area contributed by atoms with Gasteiger partial charge in [-0.3, -0.25) is 23.4 Å². The van der Waals surface area contributed by atoms with Gasteiger partial charge in [0.2, 0.25) is 0 Å². The van der Waals surface area contributed by atoms with Gasteiger partial charge >= 0.3 is 25.7 Å². The molecule has 0 aromatic carbocycles. The first-order valence-corrected chi connectivity index (χ1v) is 19.5. The Hall–Kier alpha value is -2.30. The zero-order valence-corrected chi connectivity index (χ0v) is 30.5. The van der Waals surface area contributed by atoms with Gasteiger partial charge in [-0.05, 0) is 44.9 Å². The van der Waals surface area contributed by atoms with E-state index in [1.807, 2.05) is 0 Å². The highest BCUT2D eigenvalue weighted by atomic mass is 31.2. The second-order valence-corrected chi connectivity index (χ2v) is 13.4. The normalized spacial score (nSPS) is 14.4. The van der Waals surface area contributed by atoms with Gasteiger partial charge in [0.25, 0.3) is 0 Å². The Labute approximate surface area is 289 Å². The SMILES string of the molecule is CC/C=C/C/C=C/C/C=C/CCCCCCCC(=O)OC[C@@H](COP(=O)(O)OC[C@@H](N)C(=O)O)OC(=O)CCCCCCCCCCC. The number of carboxylic acid groups (broad SMARTS) is 1. The van der Waals surface area contributed by atoms with E-state index in [0.717, 1.165) is 70.6 Å². The van der Waals surface area contributed by atoms with Crippen molar-refractivity contribution in [2.45, 2.75) is 154 Å². The van der Waals surface area contributed by atoms with Crippen LogP contribution in [0.4, 0.5) is 0 Å². The minimum absolute atomic E-state index is 0.158. The van der Waals surface area contributed by atoms with Crippen LogP contribution in [0.5, 0.6) is 0 Å². The molecular formula is C36H64NO10P. The fraction of sp³-hybridized carbons (Fsp3) is 0.750. The van der Waals surface area contributed by atoms with Crippen LogP contribution < -0.4 is 5.73 Å². The number of ether oxygens (including phenoxy) is 2. The monoisotopic (exact) mass is 701 g/mol. The first-order chi connectivity index (χ1) is 23.1. The summed E-state index contributed by atoms with van der Waals surface area (Å²) in [7, 11) is -4.71. The Morgan fingerprint density at radius 3 is 1.75 bits per heavy atom. The third-order valence-electron chi connectivity index (χ3n) is 7.40. The van der Waals surface area contributed by atoms with Crippen molar-refractivity contribution in [2.24, 2.45) is 5.73 Å². The lowest BCUT2D eigenvalue weighted by Gasteiger charge is -2.20. The first kappa shape index (κ1) is 45.7. The quantitative estimate of drug-likeness (QED) is 0.0259. The Balaban J connectivity index is 4.46. The van der Waals surface area contributed by atoms with Gasteiger partial charge in [-0.15, -0.1) is 0 Å². The number of rotatable bonds is 33. The minimum Gasteiger partial charge on any atom is -0.480 e. The van der Waals surface area contributed by atoms with E-state index in [1.165, 1.54) is 32.1 Å². The van der Waals surface area contributed by atoms with Crippen molar-refractivity contribution >= 4 is 25.7 Å². The molecule has 11 nitrogen and oxygen atoms in total. The van der Waals surface area contributed by atoms with Gasteiger partial charge in [-0.1, -0.05) is 121 Å². The molecule has 4 N–H and O–H groups in total. The van der Waals surface area contributed by atoms with E-state index >= 15 is 0 Å². The van der Waals surface area contributed by atoms with Crippen LogP contribution in [0.2, 0.25) is 0 Å². The Morgan fingerprint density at radius 1 is 0.667 bits per heavy atom. The molecule has 0 amide bonds. The van der Waals surface area contributed by atoms with Gasteiger partial charge in [0, 0.05) is 12.8 Å². The maximum Gasteiger partial charge on any atom is 0.472 e. The van der Waals surface area contributed by atoms with Crippen LogP contribution in [-0.4, -0.2) is 59.9 Å². The van der Waals surface area contributed by atoms with Crippen LogP contribution in [0.25, 0.3) is 0 Å². The molecule has 0 radical (unpaired) electrons. The van der Waals surface area contributed by atoms with E-state index in [1.54, 1.807) is 0 Å². The molecule has 0 aromatic rings. The van der Waals surface area contributed by atoms with E-state index < -0.39 is 51.1 Å². The number of nitrogens with two attached hydrogens (primary N) is 1. The maximum absolute atomic E-state index is 12.5. The van der Waals surface area contributed by atoms with Crippen molar-refractivity contribution in [3.8, 4) is 0 Å². The highest BCUT2D eigenvalue weighted by Crippen LogP contribution is 2.43. The molecule has 0 bridgehead atoms. The van der Waals surface area contributed by atoms with Gasteiger partial charge < -0.3 is 25.2 Å². The second-order valence-electron chi connectivity index (χ2n) is 12.0. The van der Waals surface area contributed by atoms with Crippen LogP contribution in [-0.2, 0) is 37.5 Å². The number of hydrogen-bond acceptors (Lipinski definition) is 9. The Morgan fingerprint density at radius 2 is 1.17 bits per heavy atom. The average molecular weight is 702 g/mol. The highest BCUT2D eigenvalue weighted by molar-refractivity contribution is 7.47. The molecule has 0 saturated heterocycles. The Bertz CT molecular complexity index is 968. The second kappa shape index (κ2) is 31.9. The van der Waals surface area contributed by atoms with Crippen LogP contribution in [0.15, 0.2) is 36.5 Å². The van der Waals surface area contributed by atoms with Gasteiger partial charge in [-0.25, -0.2) is 4.57 Å². The minimum atomic E-state index is -4.71. The standard InChI is InChI=1S/C36H64NO10P/c1-3-5-7-9-11-13-14-15-16-17-18-20-21-23-25-27-34(38)44-29-32(30-45-48(42,43)46-31-33(37)36(40)41)47-35(39)28-26-24-22-19-12-10-8-6-4-2/h5,7,11,13,15-16,32-33H,3-4,6,8-10,12,14,17-31,37H2,1-2H3,(H,40,41)(H,42,43)/b7-5+,13-11+,16-15+/t32-,33+/m0/s1. The van der Waals surface area contributed by atoms with Gasteiger partial charge in [0.1, 0.15) is 12.6 Å². The summed E-state index contributed by atoms with van der Waals surface area (Å²) in [5.74, 6) is -2.41. The number of carbonyl (C=O) groups excluding carboxylic acids is 2. The fourth-order valence-corrected chi connectivity index (χ4v) is 5.33. The molecule has 278 valence electrons. The smallest absolute Gasteiger partial charge is 0.472 e. The summed E-state index contributed by atoms with van der Waals surface area (Å²) in [6, 6.07) is -1.52. The van der Waals surface area contributed by atoms with Crippen molar-refractivity contribution in [1.82, 2.24) is 0 Å². The number of phosphoric ester groups is 1. The predicted octanol–water partition coefficient (Wildman–Crippen LogP) is 8.50. The lowest BCUT2D eigenvalue weighted by atomic mass is 10.1. The molecule has 0 spiro atoms. The van der Waals surface area contributed by atoms with Crippen molar-refractivity contribution in [3.05, 3.63) is 36.5 Å². The molecule has 0 aromatic heterocycles. The number of carboxylic acids is 1. The molecule has 0 saturated carbocycles. The molecule has 0 rings (SSSR count). The van der Waals surface area contributed by atoms with Gasteiger partial charge in [0.15, 0.2) is 6.10 Å². The average Bonchev–Trinajstić information content (AvgIpc) is 3.05. The van der Waals surface area contributed by atoms with E-state index in [4.69, 9.17) is 24.8 Å². The predicted molar refractivity (Wildman–Crippen MR) is 189 cm³/mol. The molecule has 1 unspecified atom stereocenters. The number of carbonyl (C=O) groups is 3. The third-order valence-corrected chi connectivity index (χ3v) is 8.35. The molecule has 0 aliphatic rings. The van der Waals surface area contributed by atoms with Crippen LogP contribution in [0, 0.1) is 0 Å². The Kier molecular flexibility index (Phi) is 30.4. The van der Waals surface area contributed by atoms with Gasteiger partial charge in [0.05, 0.1) is 13.2 Å². The number of allylic oxidation sites excluding steroid dienone is 6. The van der Waals surface area contributed by atoms with E-state index in [-0.39, 0.29) is 19.4 Å². The number of aliphatic carboxylic acids is 1. The number of esters is 2. The molecule has 12 heteroatoms. The van der Waals surface area contributed by atoms with Crippen molar-refractivity contribution in [1.29, 1.82) is 0 Å². The third kappa shape index (κ3) is 31.0. The summed E-state index contributed by atoms with van der Waals surface area (Å²) in [6.45, 7) is 2.61. The summed E-state index contributed by atoms with van der Waals surface area (Å²) in [5, 5.41) is 8.83. The zero-order valence-electron chi connectivity index (χ0n) is 29.6. The van der Waals surface area contributed by atoms with E-state index in [0.29, 0.717) is 12.8 Å². The molecule has 0 fully saturated rings. The van der Waals surface area contributed by atoms with Crippen molar-refractivity contribution in [3.63, 3.8) is 0 Å². The first-order valence-electron chi connectivity index (χ1n) is 18.0. The molecular weight excluding hydrogens is 637 g/mol. The van der Waals surface area contributed by atoms with Crippen molar-refractivity contribution in [2.75, 3.05) is 19.8 Å². The summed E-state index contributed by atoms with van der Waals surface area (Å²) in [5.41, 5.74) is 5.30. The molecule has 0 heterocycles. The summed E-state index contributed by atoms with van der Waals surface area (Å²) >= 11 is 0. The number of phosphoric acid groups is 1. The molecule has 48 heavy (non-hydrogen) atoms. The molecule has 0 aliphatic carbocycles. The number of unbranched alkanes of at least 4 members (excludes halogenated alkanes) is 13.